The molecule has 0 bridgehead atoms. The van der Waals surface area contributed by atoms with Gasteiger partial charge in [-0.1, -0.05) is 25.3 Å². The molecule has 1 N–H and O–H groups in total. The van der Waals surface area contributed by atoms with Crippen LogP contribution in [0.5, 0.6) is 0 Å². The molecule has 30 heavy (non-hydrogen) atoms. The van der Waals surface area contributed by atoms with Crippen LogP contribution in [0.2, 0.25) is 0 Å². The van der Waals surface area contributed by atoms with Gasteiger partial charge in [-0.3, -0.25) is 9.78 Å². The van der Waals surface area contributed by atoms with E-state index in [0.717, 1.165) is 10.8 Å². The van der Waals surface area contributed by atoms with E-state index < -0.39 is 0 Å². The van der Waals surface area contributed by atoms with E-state index in [1.54, 1.807) is 0 Å². The number of thiocarbonyl (C=S) groups is 1. The minimum atomic E-state index is -0.184. The quantitative estimate of drug-likeness (QED) is 0.526. The van der Waals surface area contributed by atoms with Gasteiger partial charge in [-0.2, -0.15) is 0 Å². The zero-order valence-corrected chi connectivity index (χ0v) is 18.3. The normalized spacial score (nSPS) is 22.2. The number of esters is 1. The third kappa shape index (κ3) is 4.36. The van der Waals surface area contributed by atoms with Crippen molar-refractivity contribution in [2.75, 3.05) is 13.7 Å². The lowest BCUT2D eigenvalue weighted by Gasteiger charge is -2.32. The maximum atomic E-state index is 11.6. The lowest BCUT2D eigenvalue weighted by Crippen LogP contribution is -2.32. The molecule has 0 unspecified atom stereocenters. The second kappa shape index (κ2) is 9.60. The average molecular weight is 427 g/mol. The van der Waals surface area contributed by atoms with Crippen molar-refractivity contribution in [1.29, 1.82) is 0 Å². The number of hydrogen-bond donors (Lipinski definition) is 1. The highest BCUT2D eigenvalue weighted by molar-refractivity contribution is 7.80. The number of nitrogens with one attached hydrogen (secondary N) is 1. The van der Waals surface area contributed by atoms with E-state index >= 15 is 0 Å². The summed E-state index contributed by atoms with van der Waals surface area (Å²) in [4.78, 5) is 18.5. The lowest BCUT2D eigenvalue weighted by atomic mass is 9.94. The Hall–Kier alpha value is -2.41. The molecule has 1 saturated carbocycles. The van der Waals surface area contributed by atoms with Crippen molar-refractivity contribution in [2.24, 2.45) is 0 Å². The van der Waals surface area contributed by atoms with Gasteiger partial charge < -0.3 is 19.5 Å². The van der Waals surface area contributed by atoms with Gasteiger partial charge in [0, 0.05) is 37.1 Å². The van der Waals surface area contributed by atoms with Crippen molar-refractivity contribution < 1.29 is 9.53 Å². The second-order valence-corrected chi connectivity index (χ2v) is 8.52. The van der Waals surface area contributed by atoms with Crippen molar-refractivity contribution >= 4 is 23.3 Å². The van der Waals surface area contributed by atoms with Gasteiger partial charge in [-0.25, -0.2) is 0 Å². The Morgan fingerprint density at radius 2 is 2.07 bits per heavy atom. The summed E-state index contributed by atoms with van der Waals surface area (Å²) < 4.78 is 7.27. The fourth-order valence-corrected chi connectivity index (χ4v) is 5.14. The molecule has 2 aromatic rings. The van der Waals surface area contributed by atoms with Gasteiger partial charge in [-0.15, -0.1) is 0 Å². The lowest BCUT2D eigenvalue weighted by molar-refractivity contribution is -0.140. The van der Waals surface area contributed by atoms with Gasteiger partial charge in [0.05, 0.1) is 24.9 Å². The minimum absolute atomic E-state index is 0.0194. The first-order valence-electron chi connectivity index (χ1n) is 10.9. The minimum Gasteiger partial charge on any atom is -0.469 e. The summed E-state index contributed by atoms with van der Waals surface area (Å²) in [5, 5.41) is 4.23. The van der Waals surface area contributed by atoms with Crippen molar-refractivity contribution in [1.82, 2.24) is 19.8 Å². The SMILES string of the molecule is COC(=O)CCCN1C(=S)N[C@H](c2ccccn2)[C@H]1c1cccn1C1CCCCC1. The fourth-order valence-electron chi connectivity index (χ4n) is 4.81. The monoisotopic (exact) mass is 426 g/mol. The Kier molecular flexibility index (Phi) is 6.67. The number of aromatic nitrogens is 2. The summed E-state index contributed by atoms with van der Waals surface area (Å²) >= 11 is 5.74. The van der Waals surface area contributed by atoms with Crippen molar-refractivity contribution in [2.45, 2.75) is 63.1 Å². The van der Waals surface area contributed by atoms with Crippen molar-refractivity contribution in [3.05, 3.63) is 54.1 Å². The van der Waals surface area contributed by atoms with Gasteiger partial charge in [0.2, 0.25) is 0 Å². The standard InChI is InChI=1S/C23H30N4O2S/c1-29-20(28)13-8-16-27-22(21(25-23(27)30)18-11-5-6-14-24-18)19-12-7-15-26(19)17-9-3-2-4-10-17/h5-7,11-12,14-15,17,21-22H,2-4,8-10,13,16H2,1H3,(H,25,30)/t21-,22-/m1/s1. The van der Waals surface area contributed by atoms with Crippen LogP contribution >= 0.6 is 12.2 Å². The largest absolute Gasteiger partial charge is 0.469 e. The molecule has 6 nitrogen and oxygen atoms in total. The molecule has 2 aliphatic rings. The maximum absolute atomic E-state index is 11.6. The van der Waals surface area contributed by atoms with E-state index in [1.807, 2.05) is 18.3 Å². The molecule has 0 aromatic carbocycles. The molecule has 1 aliphatic heterocycles. The Morgan fingerprint density at radius 1 is 1.23 bits per heavy atom. The number of hydrogen-bond acceptors (Lipinski definition) is 4. The van der Waals surface area contributed by atoms with Crippen LogP contribution < -0.4 is 5.32 Å². The van der Waals surface area contributed by atoms with Crippen LogP contribution in [-0.4, -0.2) is 39.2 Å². The van der Waals surface area contributed by atoms with E-state index in [9.17, 15) is 4.79 Å². The van der Waals surface area contributed by atoms with Crippen LogP contribution in [0, 0.1) is 0 Å². The molecule has 0 amide bonds. The summed E-state index contributed by atoms with van der Waals surface area (Å²) in [6, 6.07) is 10.9. The zero-order chi connectivity index (χ0) is 20.9. The Balaban J connectivity index is 1.64. The number of carbonyl (C=O) groups excluding carboxylic acids is 1. The molecule has 1 aliphatic carbocycles. The Morgan fingerprint density at radius 3 is 2.80 bits per heavy atom. The van der Waals surface area contributed by atoms with Crippen LogP contribution in [-0.2, 0) is 9.53 Å². The number of ether oxygens (including phenoxy) is 1. The first kappa shape index (κ1) is 20.8. The third-order valence-corrected chi connectivity index (χ3v) is 6.64. The third-order valence-electron chi connectivity index (χ3n) is 6.29. The molecule has 7 heteroatoms. The van der Waals surface area contributed by atoms with E-state index in [4.69, 9.17) is 17.0 Å². The first-order valence-corrected chi connectivity index (χ1v) is 11.3. The number of pyridine rings is 1. The van der Waals surface area contributed by atoms with Crippen LogP contribution in [0.4, 0.5) is 0 Å². The van der Waals surface area contributed by atoms with Crippen LogP contribution in [0.25, 0.3) is 0 Å². The number of carbonyl (C=O) groups is 1. The average Bonchev–Trinajstić information content (AvgIpc) is 3.39. The summed E-state index contributed by atoms with van der Waals surface area (Å²) in [5.41, 5.74) is 2.25. The molecule has 2 aromatic heterocycles. The molecule has 1 saturated heterocycles. The molecule has 3 heterocycles. The van der Waals surface area contributed by atoms with Crippen LogP contribution in [0.1, 0.15) is 74.5 Å². The number of methoxy groups -OCH3 is 1. The summed E-state index contributed by atoms with van der Waals surface area (Å²) in [6.45, 7) is 0.699. The predicted octanol–water partition coefficient (Wildman–Crippen LogP) is 4.31. The predicted molar refractivity (Wildman–Crippen MR) is 120 cm³/mol. The highest BCUT2D eigenvalue weighted by Crippen LogP contribution is 2.41. The molecule has 2 fully saturated rings. The van der Waals surface area contributed by atoms with E-state index in [-0.39, 0.29) is 18.1 Å². The number of nitrogens with zero attached hydrogens (tertiary/aromatic N) is 3. The zero-order valence-electron chi connectivity index (χ0n) is 17.5. The molecule has 0 spiro atoms. The molecular weight excluding hydrogens is 396 g/mol. The fraction of sp³-hybridized carbons (Fsp3) is 0.522. The van der Waals surface area contributed by atoms with Crippen LogP contribution in [0.3, 0.4) is 0 Å². The van der Waals surface area contributed by atoms with Gasteiger partial charge >= 0.3 is 5.97 Å². The Labute approximate surface area is 183 Å². The molecule has 2 atom stereocenters. The molecule has 0 radical (unpaired) electrons. The van der Waals surface area contributed by atoms with Gasteiger partial charge in [-0.05, 0) is 55.7 Å². The topological polar surface area (TPSA) is 59.4 Å². The van der Waals surface area contributed by atoms with Crippen molar-refractivity contribution in [3.8, 4) is 0 Å². The van der Waals surface area contributed by atoms with Gasteiger partial charge in [0.1, 0.15) is 0 Å². The smallest absolute Gasteiger partial charge is 0.305 e. The Bertz CT molecular complexity index is 863. The van der Waals surface area contributed by atoms with Crippen molar-refractivity contribution in [3.63, 3.8) is 0 Å². The highest BCUT2D eigenvalue weighted by Gasteiger charge is 2.41. The maximum Gasteiger partial charge on any atom is 0.305 e. The summed E-state index contributed by atoms with van der Waals surface area (Å²) in [7, 11) is 1.43. The highest BCUT2D eigenvalue weighted by atomic mass is 32.1. The summed E-state index contributed by atoms with van der Waals surface area (Å²) in [6.07, 6.45) is 11.5. The molecular formula is C23H30N4O2S. The van der Waals surface area contributed by atoms with Gasteiger partial charge in [0.25, 0.3) is 0 Å². The van der Waals surface area contributed by atoms with E-state index in [0.29, 0.717) is 25.4 Å². The first-order chi connectivity index (χ1) is 14.7. The molecule has 4 rings (SSSR count). The van der Waals surface area contributed by atoms with E-state index in [2.05, 4.69) is 44.2 Å². The number of rotatable bonds is 7. The van der Waals surface area contributed by atoms with Gasteiger partial charge in [0.15, 0.2) is 5.11 Å². The second-order valence-electron chi connectivity index (χ2n) is 8.13. The summed E-state index contributed by atoms with van der Waals surface area (Å²) in [5.74, 6) is -0.184. The van der Waals surface area contributed by atoms with Crippen LogP contribution in [0.15, 0.2) is 42.7 Å². The molecule has 160 valence electrons. The van der Waals surface area contributed by atoms with E-state index in [1.165, 1.54) is 44.9 Å².